The van der Waals surface area contributed by atoms with Crippen molar-refractivity contribution in [1.82, 2.24) is 0 Å². The Labute approximate surface area is 63.8 Å². The van der Waals surface area contributed by atoms with Gasteiger partial charge in [0.25, 0.3) is 0 Å². The molecule has 0 amide bonds. The molecular weight excluding hydrogens is 152 g/mol. The van der Waals surface area contributed by atoms with Gasteiger partial charge in [0.1, 0.15) is 18.3 Å². The lowest BCUT2D eigenvalue weighted by atomic mass is 10.0. The Kier molecular flexibility index (Phi) is 2.46. The van der Waals surface area contributed by atoms with Crippen LogP contribution in [0.25, 0.3) is 0 Å². The largest absolute Gasteiger partial charge is 0.388 e. The van der Waals surface area contributed by atoms with Crippen LogP contribution in [0.5, 0.6) is 0 Å². The third-order valence-electron chi connectivity index (χ3n) is 1.83. The van der Waals surface area contributed by atoms with Gasteiger partial charge in [-0.2, -0.15) is 0 Å². The lowest BCUT2D eigenvalue weighted by Crippen LogP contribution is -2.56. The molecule has 1 aliphatic heterocycles. The summed E-state index contributed by atoms with van der Waals surface area (Å²) in [5.74, 6) is 0. The predicted molar refractivity (Wildman–Crippen MR) is 34.6 cm³/mol. The Morgan fingerprint density at radius 2 is 1.45 bits per heavy atom. The first-order valence-electron chi connectivity index (χ1n) is 3.41. The number of aliphatic hydroxyl groups excluding tert-OH is 4. The van der Waals surface area contributed by atoms with Gasteiger partial charge in [-0.3, -0.25) is 0 Å². The molecule has 5 atom stereocenters. The highest BCUT2D eigenvalue weighted by atomic mass is 16.6. The van der Waals surface area contributed by atoms with E-state index in [2.05, 4.69) is 4.74 Å². The number of hydrogen-bond donors (Lipinski definition) is 4. The first kappa shape index (κ1) is 8.89. The molecule has 11 heavy (non-hydrogen) atoms. The van der Waals surface area contributed by atoms with E-state index in [9.17, 15) is 0 Å². The smallest absolute Gasteiger partial charge is 0.183 e. The fourth-order valence-electron chi connectivity index (χ4n) is 1.03. The molecular formula is C6H12O5. The third kappa shape index (κ3) is 1.52. The summed E-state index contributed by atoms with van der Waals surface area (Å²) in [4.78, 5) is 0. The highest BCUT2D eigenvalue weighted by molar-refractivity contribution is 4.86. The van der Waals surface area contributed by atoms with Gasteiger partial charge in [-0.25, -0.2) is 0 Å². The molecule has 0 saturated carbocycles. The van der Waals surface area contributed by atoms with Crippen LogP contribution >= 0.6 is 0 Å². The number of aliphatic hydroxyl groups is 4. The van der Waals surface area contributed by atoms with E-state index >= 15 is 0 Å². The van der Waals surface area contributed by atoms with Crippen molar-refractivity contribution in [1.29, 1.82) is 0 Å². The predicted octanol–water partition coefficient (Wildman–Crippen LogP) is -2.19. The summed E-state index contributed by atoms with van der Waals surface area (Å²) >= 11 is 0. The molecule has 1 heterocycles. The van der Waals surface area contributed by atoms with Gasteiger partial charge < -0.3 is 25.2 Å². The Morgan fingerprint density at radius 3 is 2.00 bits per heavy atom. The molecule has 4 unspecified atom stereocenters. The topological polar surface area (TPSA) is 90.2 Å². The molecule has 1 rings (SSSR count). The molecule has 0 aromatic rings. The maximum atomic E-state index is 9.09. The molecule has 0 bridgehead atoms. The van der Waals surface area contributed by atoms with Gasteiger partial charge in [0.2, 0.25) is 0 Å². The van der Waals surface area contributed by atoms with Gasteiger partial charge in [-0.05, 0) is 6.92 Å². The number of rotatable bonds is 0. The molecule has 0 aromatic heterocycles. The van der Waals surface area contributed by atoms with Crippen molar-refractivity contribution in [2.75, 3.05) is 0 Å². The van der Waals surface area contributed by atoms with E-state index in [4.69, 9.17) is 20.4 Å². The van der Waals surface area contributed by atoms with E-state index < -0.39 is 30.7 Å². The Hall–Kier alpha value is -0.200. The lowest BCUT2D eigenvalue weighted by Gasteiger charge is -2.36. The van der Waals surface area contributed by atoms with Crippen LogP contribution in [-0.2, 0) is 4.74 Å². The minimum absolute atomic E-state index is 0.664. The molecule has 5 nitrogen and oxygen atoms in total. The van der Waals surface area contributed by atoms with Crippen molar-refractivity contribution in [2.24, 2.45) is 0 Å². The summed E-state index contributed by atoms with van der Waals surface area (Å²) in [7, 11) is 0. The summed E-state index contributed by atoms with van der Waals surface area (Å²) in [5.41, 5.74) is 0. The van der Waals surface area contributed by atoms with Gasteiger partial charge in [-0.15, -0.1) is 0 Å². The Balaban J connectivity index is 2.63. The van der Waals surface area contributed by atoms with Gasteiger partial charge in [-0.1, -0.05) is 0 Å². The van der Waals surface area contributed by atoms with Crippen LogP contribution < -0.4 is 0 Å². The summed E-state index contributed by atoms with van der Waals surface area (Å²) in [6.07, 6.45) is -5.99. The van der Waals surface area contributed by atoms with E-state index in [-0.39, 0.29) is 0 Å². The van der Waals surface area contributed by atoms with Crippen molar-refractivity contribution in [3.63, 3.8) is 0 Å². The zero-order valence-corrected chi connectivity index (χ0v) is 6.08. The molecule has 66 valence electrons. The van der Waals surface area contributed by atoms with E-state index in [1.54, 1.807) is 0 Å². The summed E-state index contributed by atoms with van der Waals surface area (Å²) < 4.78 is 4.68. The van der Waals surface area contributed by atoms with Gasteiger partial charge in [0.15, 0.2) is 6.29 Å². The van der Waals surface area contributed by atoms with E-state index in [1.807, 2.05) is 0 Å². The molecule has 5 heteroatoms. The lowest BCUT2D eigenvalue weighted by molar-refractivity contribution is -0.277. The second-order valence-corrected chi connectivity index (χ2v) is 2.70. The second-order valence-electron chi connectivity index (χ2n) is 2.70. The number of ether oxygens (including phenoxy) is 1. The third-order valence-corrected chi connectivity index (χ3v) is 1.83. The van der Waals surface area contributed by atoms with Crippen molar-refractivity contribution < 1.29 is 25.2 Å². The fourth-order valence-corrected chi connectivity index (χ4v) is 1.03. The first-order valence-corrected chi connectivity index (χ1v) is 3.41. The average Bonchev–Trinajstić information content (AvgIpc) is 1.97. The Bertz CT molecular complexity index is 125. The SMILES string of the molecule is CC1OC(O)C(O)[C@@H](O)C1O. The molecule has 1 saturated heterocycles. The molecule has 0 aromatic carbocycles. The van der Waals surface area contributed by atoms with E-state index in [0.29, 0.717) is 0 Å². The maximum Gasteiger partial charge on any atom is 0.183 e. The molecule has 0 aliphatic carbocycles. The van der Waals surface area contributed by atoms with Gasteiger partial charge in [0, 0.05) is 0 Å². The fraction of sp³-hybridized carbons (Fsp3) is 1.00. The van der Waals surface area contributed by atoms with Crippen LogP contribution in [0.2, 0.25) is 0 Å². The zero-order valence-electron chi connectivity index (χ0n) is 6.08. The molecule has 4 N–H and O–H groups in total. The zero-order chi connectivity index (χ0) is 8.59. The highest BCUT2D eigenvalue weighted by Crippen LogP contribution is 2.18. The van der Waals surface area contributed by atoms with Gasteiger partial charge >= 0.3 is 0 Å². The van der Waals surface area contributed by atoms with Crippen LogP contribution in [0.4, 0.5) is 0 Å². The van der Waals surface area contributed by atoms with Gasteiger partial charge in [0.05, 0.1) is 6.10 Å². The van der Waals surface area contributed by atoms with Crippen molar-refractivity contribution in [3.05, 3.63) is 0 Å². The minimum atomic E-state index is -1.43. The van der Waals surface area contributed by atoms with Crippen LogP contribution in [-0.4, -0.2) is 51.1 Å². The molecule has 0 spiro atoms. The van der Waals surface area contributed by atoms with Crippen LogP contribution in [0.3, 0.4) is 0 Å². The summed E-state index contributed by atoms with van der Waals surface area (Å²) in [6, 6.07) is 0. The van der Waals surface area contributed by atoms with Crippen molar-refractivity contribution >= 4 is 0 Å². The van der Waals surface area contributed by atoms with Crippen molar-refractivity contribution in [2.45, 2.75) is 37.6 Å². The highest BCUT2D eigenvalue weighted by Gasteiger charge is 2.40. The number of hydrogen-bond acceptors (Lipinski definition) is 5. The average molecular weight is 164 g/mol. The minimum Gasteiger partial charge on any atom is -0.388 e. The van der Waals surface area contributed by atoms with Crippen LogP contribution in [0, 0.1) is 0 Å². The van der Waals surface area contributed by atoms with E-state index in [0.717, 1.165) is 0 Å². The Morgan fingerprint density at radius 1 is 0.909 bits per heavy atom. The molecule has 1 fully saturated rings. The van der Waals surface area contributed by atoms with Crippen LogP contribution in [0.15, 0.2) is 0 Å². The van der Waals surface area contributed by atoms with Crippen molar-refractivity contribution in [3.8, 4) is 0 Å². The van der Waals surface area contributed by atoms with Crippen LogP contribution in [0.1, 0.15) is 6.92 Å². The normalized spacial score (nSPS) is 52.6. The monoisotopic (exact) mass is 164 g/mol. The standard InChI is InChI=1S/C6H12O5/c1-2-3(7)4(8)5(9)6(10)11-2/h2-10H,1H3/t2?,3?,4-,5?,6?/m0/s1. The first-order chi connectivity index (χ1) is 5.04. The summed E-state index contributed by atoms with van der Waals surface area (Å²) in [6.45, 7) is 1.50. The van der Waals surface area contributed by atoms with E-state index in [1.165, 1.54) is 6.92 Å². The summed E-state index contributed by atoms with van der Waals surface area (Å²) in [5, 5.41) is 36.0. The molecule has 0 radical (unpaired) electrons. The maximum absolute atomic E-state index is 9.09. The quantitative estimate of drug-likeness (QED) is 0.326. The molecule has 1 aliphatic rings. The second kappa shape index (κ2) is 3.04.